The smallest absolute Gasteiger partial charge is 0.228 e. The van der Waals surface area contributed by atoms with Crippen LogP contribution in [-0.4, -0.2) is 49.4 Å². The molecule has 0 radical (unpaired) electrons. The summed E-state index contributed by atoms with van der Waals surface area (Å²) in [5.74, 6) is 1.14. The fourth-order valence-electron chi connectivity index (χ4n) is 4.27. The van der Waals surface area contributed by atoms with Crippen molar-refractivity contribution in [2.24, 2.45) is 17.8 Å². The highest BCUT2D eigenvalue weighted by Crippen LogP contribution is 2.33. The number of hydrogen-bond donors (Lipinski definition) is 1. The van der Waals surface area contributed by atoms with Gasteiger partial charge in [-0.3, -0.25) is 9.59 Å². The fraction of sp³-hybridized carbons (Fsp3) is 0.556. The molecule has 0 unspecified atom stereocenters. The Bertz CT molecular complexity index is 665. The topological polar surface area (TPSA) is 52.7 Å². The van der Waals surface area contributed by atoms with Gasteiger partial charge < -0.3 is 15.1 Å². The van der Waals surface area contributed by atoms with Crippen LogP contribution in [0.2, 0.25) is 5.02 Å². The molecule has 0 saturated carbocycles. The van der Waals surface area contributed by atoms with E-state index >= 15 is 0 Å². The summed E-state index contributed by atoms with van der Waals surface area (Å²) in [6, 6.07) is 7.32. The van der Waals surface area contributed by atoms with E-state index in [1.807, 2.05) is 23.1 Å². The first-order chi connectivity index (χ1) is 11.6. The summed E-state index contributed by atoms with van der Waals surface area (Å²) in [5.41, 5.74) is 0.707. The first-order valence-corrected chi connectivity index (χ1v) is 9.05. The second-order valence-corrected chi connectivity index (χ2v) is 7.52. The van der Waals surface area contributed by atoms with Crippen LogP contribution in [0.15, 0.2) is 24.3 Å². The van der Waals surface area contributed by atoms with Gasteiger partial charge in [0.15, 0.2) is 0 Å². The maximum Gasteiger partial charge on any atom is 0.228 e. The van der Waals surface area contributed by atoms with E-state index in [2.05, 4.69) is 5.32 Å². The number of fused-ring (bicyclic) bond motifs is 1. The van der Waals surface area contributed by atoms with Crippen molar-refractivity contribution in [2.45, 2.75) is 12.8 Å². The van der Waals surface area contributed by atoms with Crippen molar-refractivity contribution in [2.75, 3.05) is 37.6 Å². The molecule has 0 bridgehead atoms. The number of carbonyl (C=O) groups is 2. The van der Waals surface area contributed by atoms with Crippen molar-refractivity contribution < 1.29 is 9.59 Å². The molecule has 5 nitrogen and oxygen atoms in total. The van der Waals surface area contributed by atoms with Crippen molar-refractivity contribution >= 4 is 29.1 Å². The minimum absolute atomic E-state index is 0.0149. The zero-order valence-corrected chi connectivity index (χ0v) is 14.3. The predicted octanol–water partition coefficient (Wildman–Crippen LogP) is 1.76. The molecule has 0 aliphatic carbocycles. The highest BCUT2D eigenvalue weighted by Gasteiger charge is 2.41. The van der Waals surface area contributed by atoms with Crippen molar-refractivity contribution in [3.8, 4) is 0 Å². The van der Waals surface area contributed by atoms with E-state index < -0.39 is 0 Å². The minimum Gasteiger partial charge on any atom is -0.342 e. The lowest BCUT2D eigenvalue weighted by molar-refractivity contribution is -0.138. The molecule has 6 heteroatoms. The maximum atomic E-state index is 12.9. The number of likely N-dealkylation sites (tertiary alicyclic amines) is 1. The molecule has 1 aromatic carbocycles. The van der Waals surface area contributed by atoms with Gasteiger partial charge in [-0.05, 0) is 43.5 Å². The number of anilines is 1. The number of halogens is 1. The third-order valence-electron chi connectivity index (χ3n) is 5.63. The second-order valence-electron chi connectivity index (χ2n) is 7.11. The van der Waals surface area contributed by atoms with Crippen LogP contribution in [0.3, 0.4) is 0 Å². The number of rotatable bonds is 2. The molecule has 1 aromatic rings. The Morgan fingerprint density at radius 3 is 2.79 bits per heavy atom. The largest absolute Gasteiger partial charge is 0.342 e. The van der Waals surface area contributed by atoms with Crippen LogP contribution < -0.4 is 10.2 Å². The molecular formula is C18H22ClN3O2. The van der Waals surface area contributed by atoms with Gasteiger partial charge in [0.25, 0.3) is 0 Å². The molecule has 3 atom stereocenters. The fourth-order valence-corrected chi connectivity index (χ4v) is 4.51. The summed E-state index contributed by atoms with van der Waals surface area (Å²) in [6.07, 6.45) is 1.35. The summed E-state index contributed by atoms with van der Waals surface area (Å²) in [4.78, 5) is 28.9. The van der Waals surface area contributed by atoms with Gasteiger partial charge in [-0.15, -0.1) is 0 Å². The average molecular weight is 348 g/mol. The lowest BCUT2D eigenvalue weighted by Crippen LogP contribution is -2.46. The van der Waals surface area contributed by atoms with Gasteiger partial charge in [0.2, 0.25) is 11.8 Å². The normalized spacial score (nSPS) is 29.9. The summed E-state index contributed by atoms with van der Waals surface area (Å²) >= 11 is 6.21. The van der Waals surface area contributed by atoms with Crippen molar-refractivity contribution in [3.05, 3.63) is 29.3 Å². The van der Waals surface area contributed by atoms with E-state index in [4.69, 9.17) is 11.6 Å². The van der Waals surface area contributed by atoms with Crippen molar-refractivity contribution in [1.82, 2.24) is 10.2 Å². The third kappa shape index (κ3) is 2.80. The van der Waals surface area contributed by atoms with E-state index in [1.54, 1.807) is 11.0 Å². The number of hydrogen-bond acceptors (Lipinski definition) is 3. The van der Waals surface area contributed by atoms with Crippen LogP contribution in [0, 0.1) is 17.8 Å². The Balaban J connectivity index is 1.45. The molecule has 2 amide bonds. The van der Waals surface area contributed by atoms with Gasteiger partial charge >= 0.3 is 0 Å². The third-order valence-corrected chi connectivity index (χ3v) is 5.95. The van der Waals surface area contributed by atoms with Crippen molar-refractivity contribution in [3.63, 3.8) is 0 Å². The predicted molar refractivity (Wildman–Crippen MR) is 93.0 cm³/mol. The molecule has 4 rings (SSSR count). The molecular weight excluding hydrogens is 326 g/mol. The SMILES string of the molecule is O=C([C@@H]1CC(=O)N(c2ccccc2Cl)C1)N1CC[C@H]2CNC[C@H]2C1. The van der Waals surface area contributed by atoms with Crippen molar-refractivity contribution in [1.29, 1.82) is 0 Å². The lowest BCUT2D eigenvalue weighted by Gasteiger charge is -2.35. The van der Waals surface area contributed by atoms with E-state index in [1.165, 1.54) is 0 Å². The van der Waals surface area contributed by atoms with E-state index in [-0.39, 0.29) is 24.2 Å². The Kier molecular flexibility index (Phi) is 4.22. The van der Waals surface area contributed by atoms with Crippen LogP contribution in [0.4, 0.5) is 5.69 Å². The van der Waals surface area contributed by atoms with Gasteiger partial charge in [0, 0.05) is 26.1 Å². The summed E-state index contributed by atoms with van der Waals surface area (Å²) in [5, 5.41) is 3.97. The zero-order chi connectivity index (χ0) is 16.7. The zero-order valence-electron chi connectivity index (χ0n) is 13.6. The maximum absolute atomic E-state index is 12.9. The van der Waals surface area contributed by atoms with E-state index in [0.29, 0.717) is 29.1 Å². The molecule has 3 heterocycles. The first-order valence-electron chi connectivity index (χ1n) is 8.68. The number of piperidine rings is 1. The monoisotopic (exact) mass is 347 g/mol. The number of para-hydroxylation sites is 1. The minimum atomic E-state index is -0.250. The summed E-state index contributed by atoms with van der Waals surface area (Å²) in [6.45, 7) is 4.16. The van der Waals surface area contributed by atoms with E-state index in [9.17, 15) is 9.59 Å². The molecule has 0 aromatic heterocycles. The molecule has 1 N–H and O–H groups in total. The van der Waals surface area contributed by atoms with Crippen LogP contribution >= 0.6 is 11.6 Å². The molecule has 3 aliphatic rings. The number of nitrogens with one attached hydrogen (secondary N) is 1. The van der Waals surface area contributed by atoms with E-state index in [0.717, 1.165) is 32.6 Å². The average Bonchev–Trinajstić information content (AvgIpc) is 3.20. The van der Waals surface area contributed by atoms with Gasteiger partial charge in [-0.25, -0.2) is 0 Å². The van der Waals surface area contributed by atoms with Crippen LogP contribution in [-0.2, 0) is 9.59 Å². The Morgan fingerprint density at radius 2 is 1.96 bits per heavy atom. The highest BCUT2D eigenvalue weighted by atomic mass is 35.5. The van der Waals surface area contributed by atoms with Crippen LogP contribution in [0.5, 0.6) is 0 Å². The first kappa shape index (κ1) is 15.9. The molecule has 24 heavy (non-hydrogen) atoms. The number of nitrogens with zero attached hydrogens (tertiary/aromatic N) is 2. The Hall–Kier alpha value is -1.59. The lowest BCUT2D eigenvalue weighted by atomic mass is 9.88. The molecule has 3 fully saturated rings. The molecule has 3 aliphatic heterocycles. The van der Waals surface area contributed by atoms with Crippen LogP contribution in [0.25, 0.3) is 0 Å². The quantitative estimate of drug-likeness (QED) is 0.887. The summed E-state index contributed by atoms with van der Waals surface area (Å²) < 4.78 is 0. The van der Waals surface area contributed by atoms with Crippen LogP contribution in [0.1, 0.15) is 12.8 Å². The highest BCUT2D eigenvalue weighted by molar-refractivity contribution is 6.33. The molecule has 128 valence electrons. The summed E-state index contributed by atoms with van der Waals surface area (Å²) in [7, 11) is 0. The standard InChI is InChI=1S/C18H22ClN3O2/c19-15-3-1-2-4-16(15)22-11-13(7-17(22)23)18(24)21-6-5-12-8-20-9-14(12)10-21/h1-4,12-14,20H,5-11H2/t12-,13+,14-/m0/s1. The number of amides is 2. The van der Waals surface area contributed by atoms with Gasteiger partial charge in [0.05, 0.1) is 16.6 Å². The van der Waals surface area contributed by atoms with Gasteiger partial charge in [-0.1, -0.05) is 23.7 Å². The van der Waals surface area contributed by atoms with Gasteiger partial charge in [0.1, 0.15) is 0 Å². The van der Waals surface area contributed by atoms with Gasteiger partial charge in [-0.2, -0.15) is 0 Å². The molecule has 0 spiro atoms. The Morgan fingerprint density at radius 1 is 1.17 bits per heavy atom. The number of carbonyl (C=O) groups excluding carboxylic acids is 2. The Labute approximate surface area is 146 Å². The second kappa shape index (κ2) is 6.37. The number of benzene rings is 1. The molecule has 3 saturated heterocycles.